The van der Waals surface area contributed by atoms with Crippen molar-refractivity contribution in [2.75, 3.05) is 5.75 Å². The summed E-state index contributed by atoms with van der Waals surface area (Å²) in [6.45, 7) is 10.3. The third-order valence-corrected chi connectivity index (χ3v) is 5.31. The molecule has 2 heterocycles. The first-order valence-electron chi connectivity index (χ1n) is 8.33. The lowest BCUT2D eigenvalue weighted by Gasteiger charge is -2.05. The highest BCUT2D eigenvalue weighted by Crippen LogP contribution is 2.20. The molecule has 0 unspecified atom stereocenters. The van der Waals surface area contributed by atoms with E-state index in [9.17, 15) is 4.79 Å². The van der Waals surface area contributed by atoms with Gasteiger partial charge in [-0.1, -0.05) is 49.9 Å². The average Bonchev–Trinajstić information content (AvgIpc) is 3.00. The highest BCUT2D eigenvalue weighted by Gasteiger charge is 2.13. The standard InChI is InChI=1S/C19H22N4OS/c1-11(2)15-6-8-16(9-7-15)17(24)10-25-19-21-18-20-13(4)12(3)14(5)23(18)22-19/h6-9,11H,10H2,1-5H3. The summed E-state index contributed by atoms with van der Waals surface area (Å²) < 4.78 is 1.74. The summed E-state index contributed by atoms with van der Waals surface area (Å²) >= 11 is 1.35. The summed E-state index contributed by atoms with van der Waals surface area (Å²) in [5, 5.41) is 5.05. The van der Waals surface area contributed by atoms with Crippen molar-refractivity contribution in [1.29, 1.82) is 0 Å². The van der Waals surface area contributed by atoms with Crippen LogP contribution in [-0.4, -0.2) is 31.1 Å². The van der Waals surface area contributed by atoms with Crippen molar-refractivity contribution >= 4 is 23.3 Å². The highest BCUT2D eigenvalue weighted by molar-refractivity contribution is 7.99. The number of rotatable bonds is 5. The molecule has 0 aliphatic heterocycles. The molecule has 0 N–H and O–H groups in total. The molecule has 6 heteroatoms. The number of aryl methyl sites for hydroxylation is 2. The Morgan fingerprint density at radius 2 is 1.80 bits per heavy atom. The fourth-order valence-electron chi connectivity index (χ4n) is 2.57. The van der Waals surface area contributed by atoms with E-state index in [2.05, 4.69) is 28.9 Å². The van der Waals surface area contributed by atoms with Crippen molar-refractivity contribution < 1.29 is 4.79 Å². The Labute approximate surface area is 151 Å². The maximum atomic E-state index is 12.4. The maximum absolute atomic E-state index is 12.4. The van der Waals surface area contributed by atoms with Crippen molar-refractivity contribution in [3.63, 3.8) is 0 Å². The number of ketones is 1. The van der Waals surface area contributed by atoms with E-state index in [0.717, 1.165) is 22.5 Å². The second-order valence-corrected chi connectivity index (χ2v) is 7.44. The fraction of sp³-hybridized carbons (Fsp3) is 0.368. The van der Waals surface area contributed by atoms with E-state index >= 15 is 0 Å². The Balaban J connectivity index is 1.74. The molecule has 0 spiro atoms. The SMILES string of the molecule is Cc1nc2nc(SCC(=O)c3ccc(C(C)C)cc3)nn2c(C)c1C. The lowest BCUT2D eigenvalue weighted by molar-refractivity contribution is 0.102. The Morgan fingerprint density at radius 1 is 1.12 bits per heavy atom. The smallest absolute Gasteiger partial charge is 0.253 e. The van der Waals surface area contributed by atoms with Gasteiger partial charge in [-0.05, 0) is 37.8 Å². The van der Waals surface area contributed by atoms with Crippen LogP contribution in [0, 0.1) is 20.8 Å². The van der Waals surface area contributed by atoms with Gasteiger partial charge in [0.05, 0.1) is 5.75 Å². The molecule has 0 atom stereocenters. The molecule has 5 nitrogen and oxygen atoms in total. The molecule has 0 bridgehead atoms. The molecule has 25 heavy (non-hydrogen) atoms. The second-order valence-electron chi connectivity index (χ2n) is 6.50. The van der Waals surface area contributed by atoms with Crippen molar-refractivity contribution in [1.82, 2.24) is 19.6 Å². The number of aromatic nitrogens is 4. The first-order valence-corrected chi connectivity index (χ1v) is 9.32. The van der Waals surface area contributed by atoms with Crippen molar-refractivity contribution in [2.24, 2.45) is 0 Å². The van der Waals surface area contributed by atoms with Crippen LogP contribution in [0.25, 0.3) is 5.78 Å². The van der Waals surface area contributed by atoms with Crippen molar-refractivity contribution in [3.8, 4) is 0 Å². The third kappa shape index (κ3) is 3.58. The molecule has 2 aromatic heterocycles. The van der Waals surface area contributed by atoms with E-state index in [4.69, 9.17) is 0 Å². The second kappa shape index (κ2) is 6.96. The molecule has 3 rings (SSSR count). The van der Waals surface area contributed by atoms with Gasteiger partial charge in [0.1, 0.15) is 0 Å². The number of nitrogens with zero attached hydrogens (tertiary/aromatic N) is 4. The predicted octanol–water partition coefficient (Wildman–Crippen LogP) is 4.15. The number of Topliss-reactive ketones (excluding diaryl/α,β-unsaturated/α-hetero) is 1. The summed E-state index contributed by atoms with van der Waals surface area (Å²) in [4.78, 5) is 21.3. The molecule has 0 saturated carbocycles. The van der Waals surface area contributed by atoms with Gasteiger partial charge < -0.3 is 0 Å². The van der Waals surface area contributed by atoms with Gasteiger partial charge in [0.15, 0.2) is 5.78 Å². The minimum Gasteiger partial charge on any atom is -0.293 e. The van der Waals surface area contributed by atoms with Gasteiger partial charge in [0, 0.05) is 17.0 Å². The van der Waals surface area contributed by atoms with Crippen molar-refractivity contribution in [3.05, 3.63) is 52.3 Å². The van der Waals surface area contributed by atoms with Gasteiger partial charge in [-0.3, -0.25) is 4.79 Å². The lowest BCUT2D eigenvalue weighted by atomic mass is 10.0. The van der Waals surface area contributed by atoms with Crippen LogP contribution in [-0.2, 0) is 0 Å². The molecular formula is C19H22N4OS. The van der Waals surface area contributed by atoms with Gasteiger partial charge in [0.2, 0.25) is 5.16 Å². The van der Waals surface area contributed by atoms with Gasteiger partial charge in [-0.15, -0.1) is 5.10 Å². The summed E-state index contributed by atoms with van der Waals surface area (Å²) in [5.41, 5.74) is 5.04. The molecule has 1 aromatic carbocycles. The van der Waals surface area contributed by atoms with E-state index in [1.807, 2.05) is 45.0 Å². The molecular weight excluding hydrogens is 332 g/mol. The quantitative estimate of drug-likeness (QED) is 0.509. The van der Waals surface area contributed by atoms with Crippen LogP contribution in [0.2, 0.25) is 0 Å². The summed E-state index contributed by atoms with van der Waals surface area (Å²) in [7, 11) is 0. The number of hydrogen-bond acceptors (Lipinski definition) is 5. The fourth-order valence-corrected chi connectivity index (χ4v) is 3.28. The van der Waals surface area contributed by atoms with Crippen LogP contribution in [0.5, 0.6) is 0 Å². The van der Waals surface area contributed by atoms with Crippen molar-refractivity contribution in [2.45, 2.75) is 45.7 Å². The average molecular weight is 354 g/mol. The van der Waals surface area contributed by atoms with Crippen LogP contribution >= 0.6 is 11.8 Å². The monoisotopic (exact) mass is 354 g/mol. The third-order valence-electron chi connectivity index (χ3n) is 4.47. The van der Waals surface area contributed by atoms with Gasteiger partial charge in [-0.25, -0.2) is 9.50 Å². The van der Waals surface area contributed by atoms with Crippen LogP contribution in [0.1, 0.15) is 52.6 Å². The molecule has 0 aliphatic rings. The van der Waals surface area contributed by atoms with E-state index in [1.54, 1.807) is 4.52 Å². The van der Waals surface area contributed by atoms with Gasteiger partial charge in [0.25, 0.3) is 5.78 Å². The number of carbonyl (C=O) groups excluding carboxylic acids is 1. The van der Waals surface area contributed by atoms with Crippen LogP contribution in [0.15, 0.2) is 29.4 Å². The largest absolute Gasteiger partial charge is 0.293 e. The van der Waals surface area contributed by atoms with E-state index in [0.29, 0.717) is 22.6 Å². The normalized spacial score (nSPS) is 11.4. The van der Waals surface area contributed by atoms with E-state index in [1.165, 1.54) is 17.3 Å². The Kier molecular flexibility index (Phi) is 4.90. The first kappa shape index (κ1) is 17.6. The van der Waals surface area contributed by atoms with Gasteiger partial charge in [-0.2, -0.15) is 4.98 Å². The zero-order chi connectivity index (χ0) is 18.1. The Morgan fingerprint density at radius 3 is 2.44 bits per heavy atom. The number of hydrogen-bond donors (Lipinski definition) is 0. The predicted molar refractivity (Wildman–Crippen MR) is 101 cm³/mol. The minimum atomic E-state index is 0.0798. The summed E-state index contributed by atoms with van der Waals surface area (Å²) in [5.74, 6) is 1.44. The molecule has 0 aliphatic carbocycles. The molecule has 0 saturated heterocycles. The topological polar surface area (TPSA) is 60.2 Å². The number of benzene rings is 1. The molecule has 0 radical (unpaired) electrons. The lowest BCUT2D eigenvalue weighted by Crippen LogP contribution is -2.03. The zero-order valence-electron chi connectivity index (χ0n) is 15.2. The Hall–Kier alpha value is -2.21. The molecule has 130 valence electrons. The van der Waals surface area contributed by atoms with Crippen LogP contribution in [0.4, 0.5) is 0 Å². The molecule has 0 amide bonds. The first-order chi connectivity index (χ1) is 11.9. The number of carbonyl (C=O) groups is 1. The zero-order valence-corrected chi connectivity index (χ0v) is 16.0. The molecule has 0 fully saturated rings. The molecule has 3 aromatic rings. The summed E-state index contributed by atoms with van der Waals surface area (Å²) in [6, 6.07) is 7.83. The maximum Gasteiger partial charge on any atom is 0.253 e. The minimum absolute atomic E-state index is 0.0798. The Bertz CT molecular complexity index is 929. The van der Waals surface area contributed by atoms with E-state index < -0.39 is 0 Å². The van der Waals surface area contributed by atoms with Gasteiger partial charge >= 0.3 is 0 Å². The number of fused-ring (bicyclic) bond motifs is 1. The van der Waals surface area contributed by atoms with Crippen LogP contribution in [0.3, 0.4) is 0 Å². The summed E-state index contributed by atoms with van der Waals surface area (Å²) in [6.07, 6.45) is 0. The van der Waals surface area contributed by atoms with Crippen LogP contribution < -0.4 is 0 Å². The number of thioether (sulfide) groups is 1. The highest BCUT2D eigenvalue weighted by atomic mass is 32.2. The van der Waals surface area contributed by atoms with E-state index in [-0.39, 0.29) is 5.78 Å².